The maximum absolute atomic E-state index is 12.5. The minimum Gasteiger partial charge on any atom is -0.461 e. The Kier molecular flexibility index (Phi) is 5.45. The van der Waals surface area contributed by atoms with Gasteiger partial charge in [-0.2, -0.15) is 13.2 Å². The predicted octanol–water partition coefficient (Wildman–Crippen LogP) is 1.37. The number of H-pyrrole nitrogens is 1. The van der Waals surface area contributed by atoms with Crippen LogP contribution in [0.5, 0.6) is 0 Å². The Hall–Kier alpha value is -2.56. The van der Waals surface area contributed by atoms with Crippen LogP contribution < -0.4 is 10.6 Å². The molecular formula is C15H20F3N7O. The molecule has 26 heavy (non-hydrogen) atoms. The Labute approximate surface area is 147 Å². The smallest absolute Gasteiger partial charge is 0.401 e. The SMILES string of the molecule is CN=C(NCc1nc(-c2ccco2)n[nH]1)NC1CCN(CC(F)(F)F)C1. The molecule has 3 rings (SSSR count). The van der Waals surface area contributed by atoms with Crippen molar-refractivity contribution in [1.82, 2.24) is 30.7 Å². The second-order valence-corrected chi connectivity index (χ2v) is 5.99. The molecule has 1 fully saturated rings. The van der Waals surface area contributed by atoms with Gasteiger partial charge in [-0.05, 0) is 18.6 Å². The molecule has 3 heterocycles. The van der Waals surface area contributed by atoms with E-state index in [4.69, 9.17) is 4.42 Å². The Morgan fingerprint density at radius 3 is 3.04 bits per heavy atom. The number of furan rings is 1. The average Bonchev–Trinajstić information content (AvgIpc) is 3.31. The van der Waals surface area contributed by atoms with E-state index in [0.29, 0.717) is 49.4 Å². The van der Waals surface area contributed by atoms with Crippen LogP contribution in [0.1, 0.15) is 12.2 Å². The number of aliphatic imine (C=N–C) groups is 1. The van der Waals surface area contributed by atoms with Crippen molar-refractivity contribution in [2.45, 2.75) is 25.2 Å². The molecule has 1 atom stereocenters. The van der Waals surface area contributed by atoms with Crippen molar-refractivity contribution in [1.29, 1.82) is 0 Å². The molecule has 1 saturated heterocycles. The topological polar surface area (TPSA) is 94.4 Å². The quantitative estimate of drug-likeness (QED) is 0.543. The fourth-order valence-electron chi connectivity index (χ4n) is 2.79. The molecule has 0 amide bonds. The van der Waals surface area contributed by atoms with Crippen molar-refractivity contribution in [2.24, 2.45) is 4.99 Å². The summed E-state index contributed by atoms with van der Waals surface area (Å²) in [5.41, 5.74) is 0. The number of nitrogens with one attached hydrogen (secondary N) is 3. The molecule has 1 aliphatic heterocycles. The maximum atomic E-state index is 12.5. The van der Waals surface area contributed by atoms with Gasteiger partial charge in [0.2, 0.25) is 5.82 Å². The average molecular weight is 371 g/mol. The minimum atomic E-state index is -4.17. The number of likely N-dealkylation sites (tertiary alicyclic amines) is 1. The van der Waals surface area contributed by atoms with E-state index in [0.717, 1.165) is 0 Å². The summed E-state index contributed by atoms with van der Waals surface area (Å²) in [7, 11) is 1.60. The lowest BCUT2D eigenvalue weighted by Crippen LogP contribution is -2.45. The number of nitrogens with zero attached hydrogens (tertiary/aromatic N) is 4. The lowest BCUT2D eigenvalue weighted by molar-refractivity contribution is -0.143. The first-order chi connectivity index (χ1) is 12.4. The van der Waals surface area contributed by atoms with Gasteiger partial charge < -0.3 is 15.1 Å². The number of guanidine groups is 1. The van der Waals surface area contributed by atoms with Gasteiger partial charge in [0.15, 0.2) is 11.7 Å². The largest absolute Gasteiger partial charge is 0.461 e. The summed E-state index contributed by atoms with van der Waals surface area (Å²) in [4.78, 5) is 9.79. The van der Waals surface area contributed by atoms with E-state index in [1.807, 2.05) is 0 Å². The highest BCUT2D eigenvalue weighted by molar-refractivity contribution is 5.79. The Morgan fingerprint density at radius 2 is 2.35 bits per heavy atom. The molecule has 0 spiro atoms. The van der Waals surface area contributed by atoms with Gasteiger partial charge in [0.1, 0.15) is 5.82 Å². The van der Waals surface area contributed by atoms with E-state index < -0.39 is 12.7 Å². The molecule has 8 nitrogen and oxygen atoms in total. The number of halogens is 3. The maximum Gasteiger partial charge on any atom is 0.401 e. The van der Waals surface area contributed by atoms with E-state index in [9.17, 15) is 13.2 Å². The molecule has 0 saturated carbocycles. The number of rotatable bonds is 5. The van der Waals surface area contributed by atoms with E-state index in [1.54, 1.807) is 25.4 Å². The Bertz CT molecular complexity index is 726. The van der Waals surface area contributed by atoms with Crippen LogP contribution in [0, 0.1) is 0 Å². The van der Waals surface area contributed by atoms with Crippen molar-refractivity contribution >= 4 is 5.96 Å². The highest BCUT2D eigenvalue weighted by Crippen LogP contribution is 2.20. The molecule has 0 aliphatic carbocycles. The zero-order valence-corrected chi connectivity index (χ0v) is 14.2. The molecule has 11 heteroatoms. The van der Waals surface area contributed by atoms with Crippen molar-refractivity contribution in [3.05, 3.63) is 24.2 Å². The van der Waals surface area contributed by atoms with Gasteiger partial charge in [-0.1, -0.05) is 0 Å². The standard InChI is InChI=1S/C15H20F3N7O/c1-19-14(21-10-4-5-25(8-10)9-15(16,17)18)20-7-12-22-13(24-23-12)11-3-2-6-26-11/h2-3,6,10H,4-5,7-9H2,1H3,(H2,19,20,21)(H,22,23,24). The molecule has 3 N–H and O–H groups in total. The zero-order chi connectivity index (χ0) is 18.6. The summed E-state index contributed by atoms with van der Waals surface area (Å²) in [6, 6.07) is 3.42. The first-order valence-corrected chi connectivity index (χ1v) is 8.14. The number of aromatic amines is 1. The van der Waals surface area contributed by atoms with Crippen LogP contribution in [0.2, 0.25) is 0 Å². The molecule has 2 aromatic rings. The first kappa shape index (κ1) is 18.2. The number of hydrogen-bond acceptors (Lipinski definition) is 5. The van der Waals surface area contributed by atoms with E-state index in [1.165, 1.54) is 4.90 Å². The first-order valence-electron chi connectivity index (χ1n) is 8.14. The lowest BCUT2D eigenvalue weighted by atomic mass is 10.3. The van der Waals surface area contributed by atoms with Crippen molar-refractivity contribution in [3.63, 3.8) is 0 Å². The van der Waals surface area contributed by atoms with Crippen molar-refractivity contribution in [3.8, 4) is 11.6 Å². The molecule has 0 aromatic carbocycles. The van der Waals surface area contributed by atoms with Crippen LogP contribution in [0.4, 0.5) is 13.2 Å². The third kappa shape index (κ3) is 4.97. The van der Waals surface area contributed by atoms with E-state index in [-0.39, 0.29) is 6.04 Å². The van der Waals surface area contributed by atoms with Gasteiger partial charge in [0.05, 0.1) is 19.4 Å². The third-order valence-corrected chi connectivity index (χ3v) is 3.94. The van der Waals surface area contributed by atoms with Crippen LogP contribution >= 0.6 is 0 Å². The molecule has 2 aromatic heterocycles. The highest BCUT2D eigenvalue weighted by atomic mass is 19.4. The van der Waals surface area contributed by atoms with Crippen molar-refractivity contribution in [2.75, 3.05) is 26.7 Å². The lowest BCUT2D eigenvalue weighted by Gasteiger charge is -2.19. The van der Waals surface area contributed by atoms with Crippen LogP contribution in [-0.2, 0) is 6.54 Å². The van der Waals surface area contributed by atoms with Crippen LogP contribution in [0.15, 0.2) is 27.8 Å². The molecule has 1 aliphatic rings. The van der Waals surface area contributed by atoms with Gasteiger partial charge in [-0.3, -0.25) is 15.0 Å². The summed E-state index contributed by atoms with van der Waals surface area (Å²) in [5, 5.41) is 13.1. The Balaban J connectivity index is 1.47. The van der Waals surface area contributed by atoms with Gasteiger partial charge >= 0.3 is 6.18 Å². The molecular weight excluding hydrogens is 351 g/mol. The zero-order valence-electron chi connectivity index (χ0n) is 14.2. The highest BCUT2D eigenvalue weighted by Gasteiger charge is 2.34. The summed E-state index contributed by atoms with van der Waals surface area (Å²) in [6.07, 6.45) is -2.01. The van der Waals surface area contributed by atoms with Crippen molar-refractivity contribution < 1.29 is 17.6 Å². The summed E-state index contributed by atoms with van der Waals surface area (Å²) >= 11 is 0. The summed E-state index contributed by atoms with van der Waals surface area (Å²) < 4.78 is 42.6. The van der Waals surface area contributed by atoms with Crippen LogP contribution in [0.3, 0.4) is 0 Å². The second-order valence-electron chi connectivity index (χ2n) is 5.99. The number of alkyl halides is 3. The van der Waals surface area contributed by atoms with E-state index in [2.05, 4.69) is 30.8 Å². The number of aromatic nitrogens is 3. The predicted molar refractivity (Wildman–Crippen MR) is 88.3 cm³/mol. The second kappa shape index (κ2) is 7.77. The fourth-order valence-corrected chi connectivity index (χ4v) is 2.79. The Morgan fingerprint density at radius 1 is 1.50 bits per heavy atom. The monoisotopic (exact) mass is 371 g/mol. The van der Waals surface area contributed by atoms with Gasteiger partial charge in [-0.15, -0.1) is 5.10 Å². The fraction of sp³-hybridized carbons (Fsp3) is 0.533. The van der Waals surface area contributed by atoms with Gasteiger partial charge in [0, 0.05) is 26.2 Å². The van der Waals surface area contributed by atoms with Gasteiger partial charge in [-0.25, -0.2) is 4.98 Å². The van der Waals surface area contributed by atoms with Crippen LogP contribution in [-0.4, -0.2) is 64.9 Å². The third-order valence-electron chi connectivity index (χ3n) is 3.94. The van der Waals surface area contributed by atoms with Crippen LogP contribution in [0.25, 0.3) is 11.6 Å². The molecule has 142 valence electrons. The molecule has 1 unspecified atom stereocenters. The minimum absolute atomic E-state index is 0.0862. The molecule has 0 radical (unpaired) electrons. The summed E-state index contributed by atoms with van der Waals surface area (Å²) in [5.74, 6) is 2.10. The van der Waals surface area contributed by atoms with E-state index >= 15 is 0 Å². The summed E-state index contributed by atoms with van der Waals surface area (Å²) in [6.45, 7) is 0.186. The van der Waals surface area contributed by atoms with Gasteiger partial charge in [0.25, 0.3) is 0 Å². The number of hydrogen-bond donors (Lipinski definition) is 3. The normalized spacial score (nSPS) is 19.1. The molecule has 0 bridgehead atoms.